The lowest BCUT2D eigenvalue weighted by Gasteiger charge is -2.34. The minimum Gasteiger partial charge on any atom is -0.493 e. The van der Waals surface area contributed by atoms with Gasteiger partial charge < -0.3 is 23.8 Å². The molecule has 0 aliphatic carbocycles. The lowest BCUT2D eigenvalue weighted by atomic mass is 10.2. The molecule has 3 aromatic rings. The molecule has 2 aromatic heterocycles. The smallest absolute Gasteiger partial charge is 0.246 e. The highest BCUT2D eigenvalue weighted by atomic mass is 16.5. The molecule has 4 rings (SSSR count). The molecule has 3 heterocycles. The molecular weight excluding hydrogens is 394 g/mol. The van der Waals surface area contributed by atoms with Gasteiger partial charge in [0, 0.05) is 44.6 Å². The maximum absolute atomic E-state index is 12.6. The Kier molecular flexibility index (Phi) is 6.16. The second kappa shape index (κ2) is 9.34. The number of benzene rings is 1. The fraction of sp³-hybridized carbons (Fsp3) is 0.261. The molecule has 0 N–H and O–H groups in total. The van der Waals surface area contributed by atoms with Gasteiger partial charge in [-0.1, -0.05) is 6.07 Å². The molecule has 8 heteroatoms. The molecule has 1 amide bonds. The Balaban J connectivity index is 1.33. The van der Waals surface area contributed by atoms with Gasteiger partial charge in [-0.15, -0.1) is 10.2 Å². The summed E-state index contributed by atoms with van der Waals surface area (Å²) >= 11 is 0. The van der Waals surface area contributed by atoms with Gasteiger partial charge in [0.25, 0.3) is 0 Å². The van der Waals surface area contributed by atoms with E-state index in [4.69, 9.17) is 9.47 Å². The summed E-state index contributed by atoms with van der Waals surface area (Å²) in [6, 6.07) is 13.4. The van der Waals surface area contributed by atoms with Gasteiger partial charge in [0.1, 0.15) is 0 Å². The Morgan fingerprint density at radius 3 is 2.23 bits per heavy atom. The quantitative estimate of drug-likeness (QED) is 0.572. The summed E-state index contributed by atoms with van der Waals surface area (Å²) in [5.74, 6) is 2.89. The Morgan fingerprint density at radius 2 is 1.58 bits per heavy atom. The van der Waals surface area contributed by atoms with Gasteiger partial charge in [-0.3, -0.25) is 4.79 Å². The van der Waals surface area contributed by atoms with Gasteiger partial charge in [0.15, 0.2) is 23.1 Å². The summed E-state index contributed by atoms with van der Waals surface area (Å²) in [5, 5.41) is 8.65. The summed E-state index contributed by atoms with van der Waals surface area (Å²) < 4.78 is 12.5. The number of nitrogens with zero attached hydrogens (tertiary/aromatic N) is 5. The van der Waals surface area contributed by atoms with E-state index in [1.54, 1.807) is 26.4 Å². The third kappa shape index (κ3) is 4.69. The molecule has 31 heavy (non-hydrogen) atoms. The first kappa shape index (κ1) is 20.5. The number of methoxy groups -OCH3 is 2. The van der Waals surface area contributed by atoms with E-state index in [0.29, 0.717) is 37.7 Å². The van der Waals surface area contributed by atoms with E-state index in [1.807, 2.05) is 64.3 Å². The topological polar surface area (TPSA) is 72.7 Å². The number of carbonyl (C=O) groups excluding carboxylic acids is 1. The zero-order valence-electron chi connectivity index (χ0n) is 17.6. The lowest BCUT2D eigenvalue weighted by Crippen LogP contribution is -2.48. The number of hydrogen-bond acceptors (Lipinski definition) is 6. The highest BCUT2D eigenvalue weighted by Crippen LogP contribution is 2.28. The van der Waals surface area contributed by atoms with Crippen LogP contribution >= 0.6 is 0 Å². The number of aromatic nitrogens is 3. The van der Waals surface area contributed by atoms with Crippen molar-refractivity contribution in [2.24, 2.45) is 0 Å². The Labute approximate surface area is 181 Å². The van der Waals surface area contributed by atoms with E-state index >= 15 is 0 Å². The summed E-state index contributed by atoms with van der Waals surface area (Å²) in [6.07, 6.45) is 7.26. The van der Waals surface area contributed by atoms with E-state index in [9.17, 15) is 4.79 Å². The lowest BCUT2D eigenvalue weighted by molar-refractivity contribution is -0.126. The van der Waals surface area contributed by atoms with Gasteiger partial charge in [-0.05, 0) is 48.0 Å². The zero-order valence-corrected chi connectivity index (χ0v) is 17.6. The minimum atomic E-state index is -0.0107. The normalized spacial score (nSPS) is 14.1. The van der Waals surface area contributed by atoms with E-state index < -0.39 is 0 Å². The van der Waals surface area contributed by atoms with Crippen molar-refractivity contribution in [1.29, 1.82) is 0 Å². The first-order chi connectivity index (χ1) is 15.2. The fourth-order valence-corrected chi connectivity index (χ4v) is 3.50. The van der Waals surface area contributed by atoms with Crippen molar-refractivity contribution in [1.82, 2.24) is 19.7 Å². The number of hydrogen-bond donors (Lipinski definition) is 0. The van der Waals surface area contributed by atoms with Crippen molar-refractivity contribution < 1.29 is 14.3 Å². The van der Waals surface area contributed by atoms with Crippen LogP contribution < -0.4 is 14.4 Å². The van der Waals surface area contributed by atoms with Crippen LogP contribution in [0.2, 0.25) is 0 Å². The number of anilines is 1. The van der Waals surface area contributed by atoms with E-state index in [-0.39, 0.29) is 5.91 Å². The maximum Gasteiger partial charge on any atom is 0.246 e. The van der Waals surface area contributed by atoms with Crippen molar-refractivity contribution in [3.8, 4) is 17.3 Å². The molecule has 0 atom stereocenters. The van der Waals surface area contributed by atoms with Crippen molar-refractivity contribution in [3.63, 3.8) is 0 Å². The SMILES string of the molecule is COc1ccc(/C=C/C(=O)N2CCN(c3ccc(-n4cccc4)nn3)CC2)cc1OC. The van der Waals surface area contributed by atoms with Crippen LogP contribution in [0.1, 0.15) is 5.56 Å². The third-order valence-electron chi connectivity index (χ3n) is 5.25. The first-order valence-corrected chi connectivity index (χ1v) is 10.1. The van der Waals surface area contributed by atoms with Gasteiger partial charge in [0.05, 0.1) is 14.2 Å². The second-order valence-corrected chi connectivity index (χ2v) is 7.10. The minimum absolute atomic E-state index is 0.0107. The Morgan fingerprint density at radius 1 is 0.903 bits per heavy atom. The summed E-state index contributed by atoms with van der Waals surface area (Å²) in [4.78, 5) is 16.6. The largest absolute Gasteiger partial charge is 0.493 e. The highest BCUT2D eigenvalue weighted by Gasteiger charge is 2.21. The van der Waals surface area contributed by atoms with Gasteiger partial charge in [-0.25, -0.2) is 0 Å². The molecule has 0 radical (unpaired) electrons. The molecule has 0 bridgehead atoms. The van der Waals surface area contributed by atoms with Crippen LogP contribution in [-0.4, -0.2) is 66.0 Å². The van der Waals surface area contributed by atoms with Crippen molar-refractivity contribution in [2.75, 3.05) is 45.3 Å². The molecular formula is C23H25N5O3. The highest BCUT2D eigenvalue weighted by molar-refractivity contribution is 5.92. The molecule has 8 nitrogen and oxygen atoms in total. The maximum atomic E-state index is 12.6. The van der Waals surface area contributed by atoms with Crippen LogP contribution in [0.3, 0.4) is 0 Å². The van der Waals surface area contributed by atoms with Crippen molar-refractivity contribution in [3.05, 3.63) is 66.5 Å². The monoisotopic (exact) mass is 419 g/mol. The molecule has 1 aromatic carbocycles. The van der Waals surface area contributed by atoms with Gasteiger partial charge in [0.2, 0.25) is 5.91 Å². The molecule has 1 aliphatic rings. The molecule has 1 aliphatic heterocycles. The number of ether oxygens (including phenoxy) is 2. The van der Waals surface area contributed by atoms with Gasteiger partial charge in [-0.2, -0.15) is 0 Å². The van der Waals surface area contributed by atoms with Crippen LogP contribution in [0.15, 0.2) is 60.9 Å². The van der Waals surface area contributed by atoms with E-state index in [2.05, 4.69) is 15.1 Å². The Bertz CT molecular complexity index is 1040. The summed E-state index contributed by atoms with van der Waals surface area (Å²) in [5.41, 5.74) is 0.877. The average Bonchev–Trinajstić information content (AvgIpc) is 3.37. The van der Waals surface area contributed by atoms with Crippen molar-refractivity contribution >= 4 is 17.8 Å². The molecule has 1 saturated heterocycles. The predicted molar refractivity (Wildman–Crippen MR) is 119 cm³/mol. The van der Waals surface area contributed by atoms with Crippen LogP contribution in [0, 0.1) is 0 Å². The average molecular weight is 419 g/mol. The predicted octanol–water partition coefficient (Wildman–Crippen LogP) is 2.65. The van der Waals surface area contributed by atoms with E-state index in [0.717, 1.165) is 17.2 Å². The van der Waals surface area contributed by atoms with Crippen LogP contribution in [0.4, 0.5) is 5.82 Å². The molecule has 0 unspecified atom stereocenters. The molecule has 0 spiro atoms. The molecule has 160 valence electrons. The van der Waals surface area contributed by atoms with Crippen molar-refractivity contribution in [2.45, 2.75) is 0 Å². The van der Waals surface area contributed by atoms with Crippen LogP contribution in [0.5, 0.6) is 11.5 Å². The number of amides is 1. The fourth-order valence-electron chi connectivity index (χ4n) is 3.50. The standard InChI is InChI=1S/C23H25N5O3/c1-30-19-7-5-18(17-20(19)31-2)6-10-23(29)28-15-13-27(14-16-28)22-9-8-21(24-25-22)26-11-3-4-12-26/h3-12,17H,13-16H2,1-2H3/b10-6+. The third-order valence-corrected chi connectivity index (χ3v) is 5.25. The van der Waals surface area contributed by atoms with E-state index in [1.165, 1.54) is 0 Å². The van der Waals surface area contributed by atoms with Crippen LogP contribution in [0.25, 0.3) is 11.9 Å². The number of piperazine rings is 1. The Hall–Kier alpha value is -3.81. The summed E-state index contributed by atoms with van der Waals surface area (Å²) in [6.45, 7) is 2.70. The second-order valence-electron chi connectivity index (χ2n) is 7.10. The molecule has 0 saturated carbocycles. The molecule has 1 fully saturated rings. The first-order valence-electron chi connectivity index (χ1n) is 10.1. The number of carbonyl (C=O) groups is 1. The van der Waals surface area contributed by atoms with Gasteiger partial charge >= 0.3 is 0 Å². The number of rotatable bonds is 6. The van der Waals surface area contributed by atoms with Crippen LogP contribution in [-0.2, 0) is 4.79 Å². The summed E-state index contributed by atoms with van der Waals surface area (Å²) in [7, 11) is 3.19. The zero-order chi connectivity index (χ0) is 21.6.